The van der Waals surface area contributed by atoms with Crippen LogP contribution >= 0.6 is 11.8 Å². The average molecular weight is 280 g/mol. The summed E-state index contributed by atoms with van der Waals surface area (Å²) in [6.07, 6.45) is 0. The summed E-state index contributed by atoms with van der Waals surface area (Å²) in [5.41, 5.74) is 0.349. The molecule has 20 heavy (non-hydrogen) atoms. The van der Waals surface area contributed by atoms with Crippen LogP contribution in [0.1, 0.15) is 10.4 Å². The highest BCUT2D eigenvalue weighted by Crippen LogP contribution is 2.35. The fourth-order valence-electron chi connectivity index (χ4n) is 2.19. The molecule has 0 unspecified atom stereocenters. The molecular formula is C17H12O2S. The molecule has 0 spiro atoms. The predicted octanol–water partition coefficient (Wildman–Crippen LogP) is 4.69. The van der Waals surface area contributed by atoms with E-state index >= 15 is 0 Å². The van der Waals surface area contributed by atoms with Crippen LogP contribution in [0.5, 0.6) is 0 Å². The van der Waals surface area contributed by atoms with Crippen LogP contribution in [0, 0.1) is 0 Å². The lowest BCUT2D eigenvalue weighted by Crippen LogP contribution is -1.98. The van der Waals surface area contributed by atoms with Crippen molar-refractivity contribution in [3.05, 3.63) is 72.3 Å². The Bertz CT molecular complexity index is 761. The highest BCUT2D eigenvalue weighted by atomic mass is 32.2. The molecule has 3 aromatic carbocycles. The first kappa shape index (κ1) is 12.8. The van der Waals surface area contributed by atoms with Crippen molar-refractivity contribution in [2.24, 2.45) is 0 Å². The Hall–Kier alpha value is -2.26. The van der Waals surface area contributed by atoms with Gasteiger partial charge in [-0.05, 0) is 29.7 Å². The quantitative estimate of drug-likeness (QED) is 0.756. The monoisotopic (exact) mass is 280 g/mol. The van der Waals surface area contributed by atoms with Crippen LogP contribution in [-0.4, -0.2) is 11.1 Å². The normalized spacial score (nSPS) is 10.6. The zero-order valence-corrected chi connectivity index (χ0v) is 11.4. The molecule has 3 rings (SSSR count). The number of fused-ring (bicyclic) bond motifs is 1. The minimum atomic E-state index is -0.892. The summed E-state index contributed by atoms with van der Waals surface area (Å²) in [4.78, 5) is 13.5. The SMILES string of the molecule is O=C(O)c1cccc2cccc(Sc3ccccc3)c12. The van der Waals surface area contributed by atoms with Crippen molar-refractivity contribution in [3.63, 3.8) is 0 Å². The second-order valence-corrected chi connectivity index (χ2v) is 5.50. The third kappa shape index (κ3) is 2.40. The van der Waals surface area contributed by atoms with E-state index in [1.54, 1.807) is 23.9 Å². The van der Waals surface area contributed by atoms with Gasteiger partial charge in [-0.1, -0.05) is 54.2 Å². The van der Waals surface area contributed by atoms with Crippen LogP contribution < -0.4 is 0 Å². The summed E-state index contributed by atoms with van der Waals surface area (Å²) in [7, 11) is 0. The van der Waals surface area contributed by atoms with Gasteiger partial charge in [-0.2, -0.15) is 0 Å². The molecule has 3 heteroatoms. The van der Waals surface area contributed by atoms with E-state index in [0.717, 1.165) is 20.6 Å². The average Bonchev–Trinajstić information content (AvgIpc) is 2.48. The van der Waals surface area contributed by atoms with Crippen molar-refractivity contribution in [2.75, 3.05) is 0 Å². The first-order valence-electron chi connectivity index (χ1n) is 6.23. The molecule has 2 nitrogen and oxygen atoms in total. The molecule has 0 radical (unpaired) electrons. The maximum atomic E-state index is 11.4. The van der Waals surface area contributed by atoms with Gasteiger partial charge in [-0.25, -0.2) is 4.79 Å². The number of benzene rings is 3. The van der Waals surface area contributed by atoms with Gasteiger partial charge in [0.1, 0.15) is 0 Å². The Morgan fingerprint density at radius 3 is 2.25 bits per heavy atom. The van der Waals surface area contributed by atoms with Crippen molar-refractivity contribution in [1.29, 1.82) is 0 Å². The molecule has 0 heterocycles. The van der Waals surface area contributed by atoms with Crippen LogP contribution in [0.2, 0.25) is 0 Å². The van der Waals surface area contributed by atoms with E-state index in [1.807, 2.05) is 54.6 Å². The zero-order chi connectivity index (χ0) is 13.9. The third-order valence-electron chi connectivity index (χ3n) is 3.07. The molecular weight excluding hydrogens is 268 g/mol. The van der Waals surface area contributed by atoms with Crippen molar-refractivity contribution in [2.45, 2.75) is 9.79 Å². The first-order chi connectivity index (χ1) is 9.75. The van der Waals surface area contributed by atoms with Gasteiger partial charge >= 0.3 is 5.97 Å². The van der Waals surface area contributed by atoms with Gasteiger partial charge in [0, 0.05) is 15.2 Å². The summed E-state index contributed by atoms with van der Waals surface area (Å²) >= 11 is 1.59. The number of aromatic carboxylic acids is 1. The second kappa shape index (κ2) is 5.39. The molecule has 0 saturated carbocycles. The molecule has 1 N–H and O–H groups in total. The van der Waals surface area contributed by atoms with Gasteiger partial charge in [0.25, 0.3) is 0 Å². The molecule has 0 saturated heterocycles. The van der Waals surface area contributed by atoms with E-state index in [9.17, 15) is 9.90 Å². The summed E-state index contributed by atoms with van der Waals surface area (Å²) < 4.78 is 0. The van der Waals surface area contributed by atoms with Crippen molar-refractivity contribution >= 4 is 28.5 Å². The van der Waals surface area contributed by atoms with Crippen LogP contribution in [0.15, 0.2) is 76.5 Å². The summed E-state index contributed by atoms with van der Waals surface area (Å²) in [6.45, 7) is 0. The minimum absolute atomic E-state index is 0.349. The van der Waals surface area contributed by atoms with Gasteiger partial charge < -0.3 is 5.11 Å². The van der Waals surface area contributed by atoms with Gasteiger partial charge in [0.2, 0.25) is 0 Å². The fraction of sp³-hybridized carbons (Fsp3) is 0. The molecule has 0 aromatic heterocycles. The number of hydrogen-bond donors (Lipinski definition) is 1. The minimum Gasteiger partial charge on any atom is -0.478 e. The molecule has 0 aliphatic heterocycles. The largest absolute Gasteiger partial charge is 0.478 e. The van der Waals surface area contributed by atoms with Gasteiger partial charge in [-0.3, -0.25) is 0 Å². The fourth-order valence-corrected chi connectivity index (χ4v) is 3.21. The molecule has 0 fully saturated rings. The van der Waals surface area contributed by atoms with E-state index in [2.05, 4.69) is 0 Å². The van der Waals surface area contributed by atoms with Crippen molar-refractivity contribution < 1.29 is 9.90 Å². The number of carbonyl (C=O) groups is 1. The van der Waals surface area contributed by atoms with Crippen LogP contribution in [0.4, 0.5) is 0 Å². The zero-order valence-electron chi connectivity index (χ0n) is 10.6. The van der Waals surface area contributed by atoms with Gasteiger partial charge in [0.05, 0.1) is 5.56 Å². The van der Waals surface area contributed by atoms with Gasteiger partial charge in [0.15, 0.2) is 0 Å². The number of hydrogen-bond acceptors (Lipinski definition) is 2. The molecule has 3 aromatic rings. The Kier molecular flexibility index (Phi) is 3.44. The van der Waals surface area contributed by atoms with Gasteiger partial charge in [-0.15, -0.1) is 0 Å². The Balaban J connectivity index is 2.18. The van der Waals surface area contributed by atoms with Crippen molar-refractivity contribution in [1.82, 2.24) is 0 Å². The second-order valence-electron chi connectivity index (χ2n) is 4.38. The lowest BCUT2D eigenvalue weighted by atomic mass is 10.0. The summed E-state index contributed by atoms with van der Waals surface area (Å²) in [5.74, 6) is -0.892. The highest BCUT2D eigenvalue weighted by Gasteiger charge is 2.12. The Labute approximate surface area is 121 Å². The summed E-state index contributed by atoms with van der Waals surface area (Å²) in [6, 6.07) is 21.2. The highest BCUT2D eigenvalue weighted by molar-refractivity contribution is 7.99. The number of carboxylic acid groups (broad SMARTS) is 1. The maximum Gasteiger partial charge on any atom is 0.336 e. The first-order valence-corrected chi connectivity index (χ1v) is 7.05. The van der Waals surface area contributed by atoms with E-state index in [-0.39, 0.29) is 0 Å². The maximum absolute atomic E-state index is 11.4. The van der Waals surface area contributed by atoms with Crippen LogP contribution in [0.3, 0.4) is 0 Å². The standard InChI is InChI=1S/C17H12O2S/c18-17(19)14-10-4-6-12-7-5-11-15(16(12)14)20-13-8-2-1-3-9-13/h1-11H,(H,18,19). The smallest absolute Gasteiger partial charge is 0.336 e. The Morgan fingerprint density at radius 2 is 1.55 bits per heavy atom. The van der Waals surface area contributed by atoms with E-state index in [1.165, 1.54) is 0 Å². The molecule has 0 aliphatic rings. The molecule has 0 atom stereocenters. The number of carboxylic acids is 1. The molecule has 0 aliphatic carbocycles. The lowest BCUT2D eigenvalue weighted by molar-refractivity contribution is 0.0699. The van der Waals surface area contributed by atoms with Crippen molar-refractivity contribution in [3.8, 4) is 0 Å². The van der Waals surface area contributed by atoms with E-state index in [0.29, 0.717) is 5.56 Å². The lowest BCUT2D eigenvalue weighted by Gasteiger charge is -2.09. The number of rotatable bonds is 3. The Morgan fingerprint density at radius 1 is 0.850 bits per heavy atom. The topological polar surface area (TPSA) is 37.3 Å². The van der Waals surface area contributed by atoms with E-state index < -0.39 is 5.97 Å². The molecule has 98 valence electrons. The van der Waals surface area contributed by atoms with Crippen LogP contribution in [0.25, 0.3) is 10.8 Å². The molecule has 0 bridgehead atoms. The third-order valence-corrected chi connectivity index (χ3v) is 4.14. The van der Waals surface area contributed by atoms with Crippen LogP contribution in [-0.2, 0) is 0 Å². The van der Waals surface area contributed by atoms with E-state index in [4.69, 9.17) is 0 Å². The predicted molar refractivity (Wildman–Crippen MR) is 81.5 cm³/mol. The molecule has 0 amide bonds. The summed E-state index contributed by atoms with van der Waals surface area (Å²) in [5, 5.41) is 11.1.